The van der Waals surface area contributed by atoms with E-state index in [2.05, 4.69) is 4.98 Å². The number of carbonyl (C=O) groups is 1. The molecule has 0 spiro atoms. The van der Waals surface area contributed by atoms with Crippen molar-refractivity contribution >= 4 is 42.1 Å². The standard InChI is InChI=1S/C14H21N3OS.2ClH/c1-8-13(19-9(2)16-8)14(18)17-6-10-4-3-5-12(15)11(10)7-17;;/h10-12H,3-7,15H2,1-2H3;2*1H. The highest BCUT2D eigenvalue weighted by molar-refractivity contribution is 7.13. The molecule has 1 aromatic heterocycles. The minimum absolute atomic E-state index is 0. The molecule has 7 heteroatoms. The molecule has 21 heavy (non-hydrogen) atoms. The molecule has 1 aromatic rings. The summed E-state index contributed by atoms with van der Waals surface area (Å²) in [5, 5.41) is 0.967. The molecule has 0 bridgehead atoms. The predicted molar refractivity (Wildman–Crippen MR) is 90.8 cm³/mol. The van der Waals surface area contributed by atoms with Crippen molar-refractivity contribution < 1.29 is 4.79 Å². The lowest BCUT2D eigenvalue weighted by atomic mass is 9.78. The van der Waals surface area contributed by atoms with Crippen LogP contribution in [0.5, 0.6) is 0 Å². The van der Waals surface area contributed by atoms with Crippen LogP contribution in [0.4, 0.5) is 0 Å². The number of aromatic nitrogens is 1. The molecule has 0 radical (unpaired) electrons. The molecule has 3 atom stereocenters. The van der Waals surface area contributed by atoms with E-state index in [1.807, 2.05) is 18.7 Å². The average Bonchev–Trinajstić information content (AvgIpc) is 2.93. The Morgan fingerprint density at radius 3 is 2.57 bits per heavy atom. The molecule has 3 rings (SSSR count). The molecule has 2 fully saturated rings. The first-order valence-electron chi connectivity index (χ1n) is 7.05. The van der Waals surface area contributed by atoms with E-state index >= 15 is 0 Å². The van der Waals surface area contributed by atoms with Gasteiger partial charge in [0, 0.05) is 19.1 Å². The van der Waals surface area contributed by atoms with Crippen LogP contribution in [-0.4, -0.2) is 34.9 Å². The largest absolute Gasteiger partial charge is 0.337 e. The fraction of sp³-hybridized carbons (Fsp3) is 0.714. The Morgan fingerprint density at radius 1 is 1.29 bits per heavy atom. The van der Waals surface area contributed by atoms with E-state index in [1.54, 1.807) is 0 Å². The smallest absolute Gasteiger partial charge is 0.265 e. The van der Waals surface area contributed by atoms with Gasteiger partial charge in [-0.25, -0.2) is 4.98 Å². The third-order valence-corrected chi connectivity index (χ3v) is 5.60. The summed E-state index contributed by atoms with van der Waals surface area (Å²) in [5.41, 5.74) is 7.07. The number of halogens is 2. The Bertz CT molecular complexity index is 508. The van der Waals surface area contributed by atoms with E-state index < -0.39 is 0 Å². The van der Waals surface area contributed by atoms with E-state index in [-0.39, 0.29) is 36.8 Å². The molecule has 4 nitrogen and oxygen atoms in total. The van der Waals surface area contributed by atoms with E-state index in [1.165, 1.54) is 24.2 Å². The number of thiazole rings is 1. The number of nitrogens with zero attached hydrogens (tertiary/aromatic N) is 2. The highest BCUT2D eigenvalue weighted by Gasteiger charge is 2.41. The number of fused-ring (bicyclic) bond motifs is 1. The van der Waals surface area contributed by atoms with Gasteiger partial charge in [-0.15, -0.1) is 36.2 Å². The van der Waals surface area contributed by atoms with Gasteiger partial charge in [0.15, 0.2) is 0 Å². The van der Waals surface area contributed by atoms with Crippen molar-refractivity contribution in [1.82, 2.24) is 9.88 Å². The van der Waals surface area contributed by atoms with Gasteiger partial charge in [0.05, 0.1) is 10.7 Å². The maximum absolute atomic E-state index is 12.6. The Kier molecular flexibility index (Phi) is 6.47. The molecule has 1 aliphatic heterocycles. The van der Waals surface area contributed by atoms with Gasteiger partial charge in [-0.05, 0) is 38.5 Å². The van der Waals surface area contributed by atoms with Crippen molar-refractivity contribution in [2.24, 2.45) is 17.6 Å². The van der Waals surface area contributed by atoms with Crippen LogP contribution in [0.15, 0.2) is 0 Å². The van der Waals surface area contributed by atoms with Crippen molar-refractivity contribution in [2.45, 2.75) is 39.2 Å². The summed E-state index contributed by atoms with van der Waals surface area (Å²) in [6, 6.07) is 0.279. The van der Waals surface area contributed by atoms with Crippen LogP contribution in [0.2, 0.25) is 0 Å². The fourth-order valence-corrected chi connectivity index (χ4v) is 4.44. The van der Waals surface area contributed by atoms with Gasteiger partial charge < -0.3 is 10.6 Å². The number of nitrogens with two attached hydrogens (primary N) is 1. The van der Waals surface area contributed by atoms with Crippen LogP contribution in [-0.2, 0) is 0 Å². The number of likely N-dealkylation sites (tertiary alicyclic amines) is 1. The lowest BCUT2D eigenvalue weighted by molar-refractivity contribution is 0.0787. The molecule has 1 saturated heterocycles. The third-order valence-electron chi connectivity index (χ3n) is 4.54. The Labute approximate surface area is 142 Å². The number of amides is 1. The highest BCUT2D eigenvalue weighted by atomic mass is 35.5. The zero-order valence-electron chi connectivity index (χ0n) is 12.4. The van der Waals surface area contributed by atoms with Gasteiger partial charge in [-0.3, -0.25) is 4.79 Å². The number of hydrogen-bond donors (Lipinski definition) is 1. The van der Waals surface area contributed by atoms with Crippen LogP contribution in [0.25, 0.3) is 0 Å². The molecular weight excluding hydrogens is 329 g/mol. The fourth-order valence-electron chi connectivity index (χ4n) is 3.56. The van der Waals surface area contributed by atoms with Gasteiger partial charge in [0.1, 0.15) is 4.88 Å². The molecule has 2 heterocycles. The zero-order chi connectivity index (χ0) is 13.6. The van der Waals surface area contributed by atoms with Crippen LogP contribution in [0.3, 0.4) is 0 Å². The minimum Gasteiger partial charge on any atom is -0.337 e. The second-order valence-corrected chi connectivity index (χ2v) is 7.08. The van der Waals surface area contributed by atoms with Crippen LogP contribution in [0.1, 0.15) is 39.6 Å². The van der Waals surface area contributed by atoms with E-state index in [9.17, 15) is 4.79 Å². The first kappa shape index (κ1) is 18.7. The summed E-state index contributed by atoms with van der Waals surface area (Å²) in [6.07, 6.45) is 3.55. The second kappa shape index (κ2) is 7.27. The molecule has 0 aromatic carbocycles. The van der Waals surface area contributed by atoms with Crippen molar-refractivity contribution in [3.8, 4) is 0 Å². The summed E-state index contributed by atoms with van der Waals surface area (Å²) in [7, 11) is 0. The van der Waals surface area contributed by atoms with Crippen molar-refractivity contribution in [2.75, 3.05) is 13.1 Å². The predicted octanol–water partition coefficient (Wildman–Crippen LogP) is 2.80. The van der Waals surface area contributed by atoms with Crippen molar-refractivity contribution in [3.05, 3.63) is 15.6 Å². The van der Waals surface area contributed by atoms with Gasteiger partial charge in [-0.2, -0.15) is 0 Å². The topological polar surface area (TPSA) is 59.2 Å². The molecule has 120 valence electrons. The monoisotopic (exact) mass is 351 g/mol. The average molecular weight is 352 g/mol. The summed E-state index contributed by atoms with van der Waals surface area (Å²) in [4.78, 5) is 19.8. The molecule has 1 aliphatic carbocycles. The summed E-state index contributed by atoms with van der Waals surface area (Å²) in [5.74, 6) is 1.28. The van der Waals surface area contributed by atoms with Gasteiger partial charge in [-0.1, -0.05) is 6.42 Å². The normalized spacial score (nSPS) is 27.6. The Balaban J connectivity index is 0.00000110. The Hall–Kier alpha value is -0.360. The van der Waals surface area contributed by atoms with Crippen LogP contribution >= 0.6 is 36.2 Å². The van der Waals surface area contributed by atoms with E-state index in [0.29, 0.717) is 11.8 Å². The summed E-state index contributed by atoms with van der Waals surface area (Å²) < 4.78 is 0. The van der Waals surface area contributed by atoms with Crippen molar-refractivity contribution in [3.63, 3.8) is 0 Å². The quantitative estimate of drug-likeness (QED) is 0.846. The first-order chi connectivity index (χ1) is 9.06. The third kappa shape index (κ3) is 3.52. The number of rotatable bonds is 1. The summed E-state index contributed by atoms with van der Waals surface area (Å²) >= 11 is 1.51. The molecule has 3 unspecified atom stereocenters. The minimum atomic E-state index is 0. The van der Waals surface area contributed by atoms with Gasteiger partial charge in [0.25, 0.3) is 5.91 Å². The van der Waals surface area contributed by atoms with Crippen LogP contribution < -0.4 is 5.73 Å². The zero-order valence-corrected chi connectivity index (χ0v) is 14.8. The lowest BCUT2D eigenvalue weighted by Crippen LogP contribution is -2.38. The first-order valence-corrected chi connectivity index (χ1v) is 7.87. The number of aryl methyl sites for hydroxylation is 2. The van der Waals surface area contributed by atoms with E-state index in [4.69, 9.17) is 5.73 Å². The molecule has 1 amide bonds. The molecular formula is C14H23Cl2N3OS. The molecule has 1 saturated carbocycles. The summed E-state index contributed by atoms with van der Waals surface area (Å²) in [6.45, 7) is 5.59. The molecule has 2 N–H and O–H groups in total. The van der Waals surface area contributed by atoms with E-state index in [0.717, 1.165) is 35.1 Å². The highest BCUT2D eigenvalue weighted by Crippen LogP contribution is 2.36. The maximum Gasteiger partial charge on any atom is 0.265 e. The van der Waals surface area contributed by atoms with Gasteiger partial charge >= 0.3 is 0 Å². The second-order valence-electron chi connectivity index (χ2n) is 5.88. The van der Waals surface area contributed by atoms with Crippen LogP contribution in [0, 0.1) is 25.7 Å². The Morgan fingerprint density at radius 2 is 2.00 bits per heavy atom. The molecule has 2 aliphatic rings. The SMILES string of the molecule is Cc1nc(C)c(C(=O)N2CC3CCCC(N)C3C2)s1.Cl.Cl. The lowest BCUT2D eigenvalue weighted by Gasteiger charge is -2.29. The maximum atomic E-state index is 12.6. The number of hydrogen-bond acceptors (Lipinski definition) is 4. The van der Waals surface area contributed by atoms with Gasteiger partial charge in [0.2, 0.25) is 0 Å². The number of carbonyl (C=O) groups excluding carboxylic acids is 1. The van der Waals surface area contributed by atoms with Crippen molar-refractivity contribution in [1.29, 1.82) is 0 Å².